The van der Waals surface area contributed by atoms with Crippen LogP contribution in [0.25, 0.3) is 0 Å². The van der Waals surface area contributed by atoms with E-state index in [9.17, 15) is 0 Å². The van der Waals surface area contributed by atoms with Gasteiger partial charge in [-0.25, -0.2) is 0 Å². The highest BCUT2D eigenvalue weighted by Gasteiger charge is 2.24. The third-order valence-corrected chi connectivity index (χ3v) is 2.59. The normalized spacial score (nSPS) is 19.1. The van der Waals surface area contributed by atoms with Gasteiger partial charge in [0.2, 0.25) is 0 Å². The highest BCUT2D eigenvalue weighted by Crippen LogP contribution is 2.33. The minimum atomic E-state index is 0.762. The summed E-state index contributed by atoms with van der Waals surface area (Å²) in [5.41, 5.74) is 0. The fourth-order valence-electron chi connectivity index (χ4n) is 1.54. The van der Waals surface area contributed by atoms with Crippen LogP contribution in [-0.2, 0) is 0 Å². The van der Waals surface area contributed by atoms with Crippen molar-refractivity contribution >= 4 is 0 Å². The first-order valence-corrected chi connectivity index (χ1v) is 5.21. The summed E-state index contributed by atoms with van der Waals surface area (Å²) in [7, 11) is 0. The SMILES string of the molecule is C=CCCNC(CC)CC1CC1. The van der Waals surface area contributed by atoms with Crippen LogP contribution in [0, 0.1) is 5.92 Å². The summed E-state index contributed by atoms with van der Waals surface area (Å²) >= 11 is 0. The topological polar surface area (TPSA) is 12.0 Å². The van der Waals surface area contributed by atoms with E-state index in [1.165, 1.54) is 25.7 Å². The molecule has 1 rings (SSSR count). The van der Waals surface area contributed by atoms with Gasteiger partial charge in [-0.2, -0.15) is 0 Å². The quantitative estimate of drug-likeness (QED) is 0.454. The fourth-order valence-corrected chi connectivity index (χ4v) is 1.54. The van der Waals surface area contributed by atoms with Gasteiger partial charge < -0.3 is 5.32 Å². The van der Waals surface area contributed by atoms with Crippen molar-refractivity contribution in [3.8, 4) is 0 Å². The first-order chi connectivity index (χ1) is 5.86. The van der Waals surface area contributed by atoms with Crippen molar-refractivity contribution < 1.29 is 0 Å². The molecule has 1 unspecified atom stereocenters. The van der Waals surface area contributed by atoms with Crippen LogP contribution >= 0.6 is 0 Å². The van der Waals surface area contributed by atoms with Gasteiger partial charge in [0.05, 0.1) is 0 Å². The Bertz CT molecular complexity index is 127. The van der Waals surface area contributed by atoms with E-state index in [2.05, 4.69) is 18.8 Å². The highest BCUT2D eigenvalue weighted by atomic mass is 14.9. The molecule has 0 saturated heterocycles. The van der Waals surface area contributed by atoms with Crippen LogP contribution in [-0.4, -0.2) is 12.6 Å². The molecule has 1 heteroatoms. The van der Waals surface area contributed by atoms with E-state index in [4.69, 9.17) is 0 Å². The Morgan fingerprint density at radius 3 is 2.83 bits per heavy atom. The molecule has 0 aliphatic heterocycles. The number of rotatable bonds is 7. The zero-order valence-electron chi connectivity index (χ0n) is 8.18. The molecule has 1 fully saturated rings. The molecule has 1 aliphatic rings. The lowest BCUT2D eigenvalue weighted by Gasteiger charge is -2.15. The number of hydrogen-bond donors (Lipinski definition) is 1. The summed E-state index contributed by atoms with van der Waals surface area (Å²) in [4.78, 5) is 0. The maximum absolute atomic E-state index is 3.72. The summed E-state index contributed by atoms with van der Waals surface area (Å²) in [5.74, 6) is 1.05. The molecule has 1 nitrogen and oxygen atoms in total. The summed E-state index contributed by atoms with van der Waals surface area (Å²) in [5, 5.41) is 3.57. The Kier molecular flexibility index (Phi) is 4.37. The van der Waals surface area contributed by atoms with Crippen LogP contribution in [0.4, 0.5) is 0 Å². The summed E-state index contributed by atoms with van der Waals surface area (Å²) < 4.78 is 0. The molecule has 1 atom stereocenters. The van der Waals surface area contributed by atoms with E-state index in [-0.39, 0.29) is 0 Å². The van der Waals surface area contributed by atoms with Crippen LogP contribution in [0.3, 0.4) is 0 Å². The van der Waals surface area contributed by atoms with E-state index in [1.54, 1.807) is 0 Å². The second kappa shape index (κ2) is 5.36. The molecular weight excluding hydrogens is 146 g/mol. The second-order valence-electron chi connectivity index (χ2n) is 3.82. The van der Waals surface area contributed by atoms with Gasteiger partial charge >= 0.3 is 0 Å². The van der Waals surface area contributed by atoms with E-state index in [0.717, 1.165) is 24.9 Å². The predicted molar refractivity (Wildman–Crippen MR) is 54.2 cm³/mol. The monoisotopic (exact) mass is 167 g/mol. The molecular formula is C11H21N. The first kappa shape index (κ1) is 9.79. The maximum atomic E-state index is 3.72. The summed E-state index contributed by atoms with van der Waals surface area (Å²) in [6.45, 7) is 7.09. The van der Waals surface area contributed by atoms with Crippen molar-refractivity contribution in [2.24, 2.45) is 5.92 Å². The molecule has 0 spiro atoms. The van der Waals surface area contributed by atoms with E-state index in [1.807, 2.05) is 6.08 Å². The average molecular weight is 167 g/mol. The Morgan fingerprint density at radius 2 is 2.33 bits per heavy atom. The molecule has 1 N–H and O–H groups in total. The van der Waals surface area contributed by atoms with Gasteiger partial charge in [0, 0.05) is 6.04 Å². The van der Waals surface area contributed by atoms with Crippen molar-refractivity contribution in [1.82, 2.24) is 5.32 Å². The van der Waals surface area contributed by atoms with Gasteiger partial charge in [0.1, 0.15) is 0 Å². The largest absolute Gasteiger partial charge is 0.314 e. The van der Waals surface area contributed by atoms with Crippen LogP contribution in [0.5, 0.6) is 0 Å². The Balaban J connectivity index is 2.02. The molecule has 1 aliphatic carbocycles. The standard InChI is InChI=1S/C11H21N/c1-3-5-8-12-11(4-2)9-10-6-7-10/h3,10-12H,1,4-9H2,2H3. The van der Waals surface area contributed by atoms with E-state index < -0.39 is 0 Å². The summed E-state index contributed by atoms with van der Waals surface area (Å²) in [6.07, 6.45) is 8.69. The van der Waals surface area contributed by atoms with Gasteiger partial charge in [-0.05, 0) is 31.7 Å². The highest BCUT2D eigenvalue weighted by molar-refractivity contribution is 4.80. The average Bonchev–Trinajstić information content (AvgIpc) is 2.87. The predicted octanol–water partition coefficient (Wildman–Crippen LogP) is 2.73. The Morgan fingerprint density at radius 1 is 1.58 bits per heavy atom. The zero-order valence-corrected chi connectivity index (χ0v) is 8.18. The smallest absolute Gasteiger partial charge is 0.00672 e. The molecule has 0 aromatic carbocycles. The lowest BCUT2D eigenvalue weighted by molar-refractivity contribution is 0.450. The van der Waals surface area contributed by atoms with Crippen LogP contribution < -0.4 is 5.32 Å². The molecule has 70 valence electrons. The minimum Gasteiger partial charge on any atom is -0.314 e. The maximum Gasteiger partial charge on any atom is 0.00672 e. The Hall–Kier alpha value is -0.300. The van der Waals surface area contributed by atoms with Gasteiger partial charge in [0.25, 0.3) is 0 Å². The van der Waals surface area contributed by atoms with Crippen molar-refractivity contribution in [3.05, 3.63) is 12.7 Å². The Labute approximate surface area is 76.2 Å². The third-order valence-electron chi connectivity index (χ3n) is 2.59. The van der Waals surface area contributed by atoms with Crippen molar-refractivity contribution in [2.75, 3.05) is 6.54 Å². The second-order valence-corrected chi connectivity index (χ2v) is 3.82. The van der Waals surface area contributed by atoms with Crippen LogP contribution in [0.15, 0.2) is 12.7 Å². The molecule has 12 heavy (non-hydrogen) atoms. The van der Waals surface area contributed by atoms with Gasteiger partial charge in [-0.3, -0.25) is 0 Å². The molecule has 0 aromatic heterocycles. The molecule has 0 amide bonds. The molecule has 1 saturated carbocycles. The van der Waals surface area contributed by atoms with Crippen molar-refractivity contribution in [2.45, 2.75) is 45.1 Å². The van der Waals surface area contributed by atoms with Crippen molar-refractivity contribution in [1.29, 1.82) is 0 Å². The van der Waals surface area contributed by atoms with Gasteiger partial charge in [0.15, 0.2) is 0 Å². The minimum absolute atomic E-state index is 0.762. The zero-order chi connectivity index (χ0) is 8.81. The first-order valence-electron chi connectivity index (χ1n) is 5.21. The van der Waals surface area contributed by atoms with Gasteiger partial charge in [-0.15, -0.1) is 6.58 Å². The van der Waals surface area contributed by atoms with Crippen LogP contribution in [0.2, 0.25) is 0 Å². The van der Waals surface area contributed by atoms with E-state index >= 15 is 0 Å². The van der Waals surface area contributed by atoms with E-state index in [0.29, 0.717) is 0 Å². The number of hydrogen-bond acceptors (Lipinski definition) is 1. The fraction of sp³-hybridized carbons (Fsp3) is 0.818. The van der Waals surface area contributed by atoms with Crippen LogP contribution in [0.1, 0.15) is 39.0 Å². The molecule has 0 bridgehead atoms. The third kappa shape index (κ3) is 3.91. The van der Waals surface area contributed by atoms with Gasteiger partial charge in [-0.1, -0.05) is 25.8 Å². The lowest BCUT2D eigenvalue weighted by atomic mass is 10.1. The molecule has 0 aromatic rings. The molecule has 0 radical (unpaired) electrons. The van der Waals surface area contributed by atoms with Crippen molar-refractivity contribution in [3.63, 3.8) is 0 Å². The lowest BCUT2D eigenvalue weighted by Crippen LogP contribution is -2.29. The summed E-state index contributed by atoms with van der Waals surface area (Å²) in [6, 6.07) is 0.762. The number of nitrogens with one attached hydrogen (secondary N) is 1. The molecule has 0 heterocycles.